The van der Waals surface area contributed by atoms with Gasteiger partial charge < -0.3 is 19.7 Å². The zero-order valence-electron chi connectivity index (χ0n) is 15.3. The van der Waals surface area contributed by atoms with E-state index < -0.39 is 0 Å². The topological polar surface area (TPSA) is 46.1 Å². The molecule has 0 spiro atoms. The highest BCUT2D eigenvalue weighted by atomic mass is 35.5. The third kappa shape index (κ3) is 7.22. The third-order valence-corrected chi connectivity index (χ3v) is 4.75. The SMILES string of the molecule is CN=C(NCCCOCC1CCOCC1)N(C)Cc1ccccc1Cl. The van der Waals surface area contributed by atoms with Crippen LogP contribution in [0.4, 0.5) is 0 Å². The second kappa shape index (κ2) is 11.3. The monoisotopic (exact) mass is 367 g/mol. The van der Waals surface area contributed by atoms with Crippen molar-refractivity contribution in [2.75, 3.05) is 47.1 Å². The average Bonchev–Trinajstić information content (AvgIpc) is 2.64. The number of nitrogens with one attached hydrogen (secondary N) is 1. The first-order valence-corrected chi connectivity index (χ1v) is 9.39. The Balaban J connectivity index is 1.62. The summed E-state index contributed by atoms with van der Waals surface area (Å²) in [5, 5.41) is 4.16. The fourth-order valence-electron chi connectivity index (χ4n) is 2.88. The lowest BCUT2D eigenvalue weighted by Crippen LogP contribution is -2.39. The number of rotatable bonds is 8. The van der Waals surface area contributed by atoms with E-state index in [-0.39, 0.29) is 0 Å². The molecule has 1 N–H and O–H groups in total. The molecule has 0 unspecified atom stereocenters. The smallest absolute Gasteiger partial charge is 0.193 e. The first kappa shape index (κ1) is 20.0. The van der Waals surface area contributed by atoms with Gasteiger partial charge in [0, 0.05) is 58.6 Å². The van der Waals surface area contributed by atoms with E-state index in [9.17, 15) is 0 Å². The Morgan fingerprint density at radius 3 is 2.84 bits per heavy atom. The summed E-state index contributed by atoms with van der Waals surface area (Å²) in [6.45, 7) is 4.94. The maximum absolute atomic E-state index is 6.23. The first-order valence-electron chi connectivity index (χ1n) is 9.01. The van der Waals surface area contributed by atoms with Gasteiger partial charge >= 0.3 is 0 Å². The van der Waals surface area contributed by atoms with Gasteiger partial charge in [0.25, 0.3) is 0 Å². The summed E-state index contributed by atoms with van der Waals surface area (Å²) in [5.74, 6) is 1.53. The molecular weight excluding hydrogens is 338 g/mol. The summed E-state index contributed by atoms with van der Waals surface area (Å²) >= 11 is 6.23. The molecule has 1 aromatic rings. The van der Waals surface area contributed by atoms with Crippen LogP contribution in [0.5, 0.6) is 0 Å². The highest BCUT2D eigenvalue weighted by Gasteiger charge is 2.13. The number of aliphatic imine (C=N–C) groups is 1. The number of nitrogens with zero attached hydrogens (tertiary/aromatic N) is 2. The zero-order valence-corrected chi connectivity index (χ0v) is 16.1. The molecule has 0 bridgehead atoms. The van der Waals surface area contributed by atoms with Crippen molar-refractivity contribution in [1.82, 2.24) is 10.2 Å². The lowest BCUT2D eigenvalue weighted by atomic mass is 10.0. The molecule has 1 aliphatic heterocycles. The van der Waals surface area contributed by atoms with Crippen LogP contribution in [0.3, 0.4) is 0 Å². The molecule has 0 atom stereocenters. The van der Waals surface area contributed by atoms with Crippen LogP contribution in [-0.4, -0.2) is 57.9 Å². The van der Waals surface area contributed by atoms with Crippen LogP contribution in [0.2, 0.25) is 5.02 Å². The standard InChI is InChI=1S/C19H30ClN3O2/c1-21-19(23(2)14-17-6-3-4-7-18(17)20)22-10-5-11-25-15-16-8-12-24-13-9-16/h3-4,6-7,16H,5,8-15H2,1-2H3,(H,21,22). The van der Waals surface area contributed by atoms with Crippen LogP contribution in [-0.2, 0) is 16.0 Å². The van der Waals surface area contributed by atoms with Crippen molar-refractivity contribution < 1.29 is 9.47 Å². The summed E-state index contributed by atoms with van der Waals surface area (Å²) in [4.78, 5) is 6.41. The molecule has 6 heteroatoms. The molecule has 1 saturated heterocycles. The molecule has 0 saturated carbocycles. The number of hydrogen-bond donors (Lipinski definition) is 1. The predicted octanol–water partition coefficient (Wildman–Crippen LogP) is 3.18. The molecule has 1 heterocycles. The Hall–Kier alpha value is -1.30. The van der Waals surface area contributed by atoms with Gasteiger partial charge in [-0.15, -0.1) is 0 Å². The van der Waals surface area contributed by atoms with Crippen LogP contribution < -0.4 is 5.32 Å². The molecule has 25 heavy (non-hydrogen) atoms. The van der Waals surface area contributed by atoms with E-state index in [1.54, 1.807) is 7.05 Å². The second-order valence-electron chi connectivity index (χ2n) is 6.41. The second-order valence-corrected chi connectivity index (χ2v) is 6.81. The quantitative estimate of drug-likeness (QED) is 0.435. The largest absolute Gasteiger partial charge is 0.381 e. The minimum Gasteiger partial charge on any atom is -0.381 e. The van der Waals surface area contributed by atoms with Crippen molar-refractivity contribution in [1.29, 1.82) is 0 Å². The number of hydrogen-bond acceptors (Lipinski definition) is 3. The molecule has 0 radical (unpaired) electrons. The fourth-order valence-corrected chi connectivity index (χ4v) is 3.07. The van der Waals surface area contributed by atoms with Gasteiger partial charge in [-0.3, -0.25) is 4.99 Å². The van der Waals surface area contributed by atoms with E-state index in [0.29, 0.717) is 5.92 Å². The zero-order chi connectivity index (χ0) is 17.9. The number of ether oxygens (including phenoxy) is 2. The summed E-state index contributed by atoms with van der Waals surface area (Å²) < 4.78 is 11.2. The van der Waals surface area contributed by atoms with Gasteiger partial charge in [-0.25, -0.2) is 0 Å². The minimum atomic E-state index is 0.663. The van der Waals surface area contributed by atoms with Crippen LogP contribution >= 0.6 is 11.6 Å². The van der Waals surface area contributed by atoms with Gasteiger partial charge in [0.2, 0.25) is 0 Å². The van der Waals surface area contributed by atoms with Gasteiger partial charge in [0.05, 0.1) is 0 Å². The summed E-state index contributed by atoms with van der Waals surface area (Å²) in [6, 6.07) is 7.90. The summed E-state index contributed by atoms with van der Waals surface area (Å²) in [6.07, 6.45) is 3.21. The van der Waals surface area contributed by atoms with Crippen molar-refractivity contribution in [2.45, 2.75) is 25.8 Å². The Bertz CT molecular complexity index is 533. The lowest BCUT2D eigenvalue weighted by Gasteiger charge is -2.23. The van der Waals surface area contributed by atoms with Crippen LogP contribution in [0.15, 0.2) is 29.3 Å². The minimum absolute atomic E-state index is 0.663. The van der Waals surface area contributed by atoms with Gasteiger partial charge in [0.1, 0.15) is 0 Å². The molecule has 2 rings (SSSR count). The molecule has 0 aliphatic carbocycles. The third-order valence-electron chi connectivity index (χ3n) is 4.38. The van der Waals surface area contributed by atoms with Crippen LogP contribution in [0.25, 0.3) is 0 Å². The van der Waals surface area contributed by atoms with Gasteiger partial charge in [-0.2, -0.15) is 0 Å². The molecule has 140 valence electrons. The van der Waals surface area contributed by atoms with E-state index in [2.05, 4.69) is 15.2 Å². The summed E-state index contributed by atoms with van der Waals surface area (Å²) in [5.41, 5.74) is 1.09. The van der Waals surface area contributed by atoms with Crippen molar-refractivity contribution in [3.63, 3.8) is 0 Å². The Morgan fingerprint density at radius 2 is 2.12 bits per heavy atom. The molecule has 0 aromatic heterocycles. The highest BCUT2D eigenvalue weighted by Crippen LogP contribution is 2.16. The Morgan fingerprint density at radius 1 is 1.36 bits per heavy atom. The highest BCUT2D eigenvalue weighted by molar-refractivity contribution is 6.31. The van der Waals surface area contributed by atoms with Crippen molar-refractivity contribution in [3.8, 4) is 0 Å². The lowest BCUT2D eigenvalue weighted by molar-refractivity contribution is 0.0203. The fraction of sp³-hybridized carbons (Fsp3) is 0.632. The predicted molar refractivity (Wildman–Crippen MR) is 103 cm³/mol. The summed E-state index contributed by atoms with van der Waals surface area (Å²) in [7, 11) is 3.81. The van der Waals surface area contributed by atoms with E-state index in [4.69, 9.17) is 21.1 Å². The van der Waals surface area contributed by atoms with Crippen molar-refractivity contribution in [3.05, 3.63) is 34.9 Å². The molecule has 1 aromatic carbocycles. The maximum Gasteiger partial charge on any atom is 0.193 e. The van der Waals surface area contributed by atoms with Gasteiger partial charge in [-0.1, -0.05) is 29.8 Å². The molecule has 5 nitrogen and oxygen atoms in total. The normalized spacial score (nSPS) is 16.0. The van der Waals surface area contributed by atoms with Crippen molar-refractivity contribution in [2.24, 2.45) is 10.9 Å². The van der Waals surface area contributed by atoms with E-state index in [1.807, 2.05) is 31.3 Å². The van der Waals surface area contributed by atoms with Crippen LogP contribution in [0, 0.1) is 5.92 Å². The molecule has 1 aliphatic rings. The number of halogens is 1. The van der Waals surface area contributed by atoms with Gasteiger partial charge in [-0.05, 0) is 36.8 Å². The molecule has 0 amide bonds. The van der Waals surface area contributed by atoms with Gasteiger partial charge in [0.15, 0.2) is 5.96 Å². The van der Waals surface area contributed by atoms with E-state index >= 15 is 0 Å². The average molecular weight is 368 g/mol. The van der Waals surface area contributed by atoms with E-state index in [0.717, 1.165) is 75.3 Å². The maximum atomic E-state index is 6.23. The Labute approximate surface area is 156 Å². The number of benzene rings is 1. The van der Waals surface area contributed by atoms with E-state index in [1.165, 1.54) is 0 Å². The first-order chi connectivity index (χ1) is 12.2. The van der Waals surface area contributed by atoms with Crippen LogP contribution in [0.1, 0.15) is 24.8 Å². The number of guanidine groups is 1. The van der Waals surface area contributed by atoms with Crippen molar-refractivity contribution >= 4 is 17.6 Å². The Kier molecular flexibility index (Phi) is 9.08. The molecular formula is C19H30ClN3O2. The molecule has 1 fully saturated rings.